The molecule has 0 N–H and O–H groups in total. The van der Waals surface area contributed by atoms with Gasteiger partial charge in [0.1, 0.15) is 5.03 Å². The Balaban J connectivity index is 1.83. The van der Waals surface area contributed by atoms with Crippen LogP contribution in [-0.2, 0) is 19.4 Å². The van der Waals surface area contributed by atoms with Gasteiger partial charge < -0.3 is 4.90 Å². The minimum atomic E-state index is -0.0221. The van der Waals surface area contributed by atoms with Gasteiger partial charge in [0.2, 0.25) is 0 Å². The second-order valence-electron chi connectivity index (χ2n) is 7.39. The molecule has 0 aliphatic heterocycles. The van der Waals surface area contributed by atoms with Crippen LogP contribution in [0.4, 0.5) is 0 Å². The largest absolute Gasteiger partial charge is 0.348 e. The number of rotatable bonds is 7. The molecule has 1 aromatic heterocycles. The highest BCUT2D eigenvalue weighted by molar-refractivity contribution is 7.99. The van der Waals surface area contributed by atoms with Crippen molar-refractivity contribution in [3.63, 3.8) is 0 Å². The third-order valence-electron chi connectivity index (χ3n) is 5.82. The number of fused-ring (bicyclic) bond motifs is 1. The number of nitrogens with zero attached hydrogens (tertiary/aromatic N) is 3. The van der Waals surface area contributed by atoms with Gasteiger partial charge in [0, 0.05) is 29.6 Å². The van der Waals surface area contributed by atoms with E-state index in [9.17, 15) is 4.79 Å². The van der Waals surface area contributed by atoms with E-state index < -0.39 is 0 Å². The summed E-state index contributed by atoms with van der Waals surface area (Å²) in [6, 6.07) is 0. The molecule has 0 atom stereocenters. The van der Waals surface area contributed by atoms with Crippen LogP contribution >= 0.6 is 11.8 Å². The Labute approximate surface area is 156 Å². The van der Waals surface area contributed by atoms with E-state index in [-0.39, 0.29) is 5.69 Å². The third kappa shape index (κ3) is 4.68. The topological polar surface area (TPSA) is 38.1 Å². The van der Waals surface area contributed by atoms with Crippen molar-refractivity contribution >= 4 is 11.8 Å². The molecule has 2 aliphatic carbocycles. The summed E-state index contributed by atoms with van der Waals surface area (Å²) in [7, 11) is 0. The Hall–Kier alpha value is -0.810. The van der Waals surface area contributed by atoms with Crippen LogP contribution in [0.25, 0.3) is 0 Å². The van der Waals surface area contributed by atoms with E-state index in [1.54, 1.807) is 0 Å². The lowest BCUT2D eigenvalue weighted by atomic mass is 9.97. The van der Waals surface area contributed by atoms with Crippen LogP contribution in [0.1, 0.15) is 70.1 Å². The van der Waals surface area contributed by atoms with E-state index in [2.05, 4.69) is 23.7 Å². The molecular weight excluding hydrogens is 330 g/mol. The lowest BCUT2D eigenvalue weighted by Gasteiger charge is -2.27. The summed E-state index contributed by atoms with van der Waals surface area (Å²) in [5.41, 5.74) is 2.66. The lowest BCUT2D eigenvalue weighted by molar-refractivity contribution is 0.285. The maximum absolute atomic E-state index is 12.8. The van der Waals surface area contributed by atoms with Crippen molar-refractivity contribution in [1.82, 2.24) is 14.5 Å². The van der Waals surface area contributed by atoms with Crippen molar-refractivity contribution in [2.45, 2.75) is 88.5 Å². The molecule has 1 heterocycles. The van der Waals surface area contributed by atoms with E-state index >= 15 is 0 Å². The molecule has 3 rings (SSSR count). The van der Waals surface area contributed by atoms with Gasteiger partial charge in [-0.25, -0.2) is 4.79 Å². The molecule has 0 amide bonds. The van der Waals surface area contributed by atoms with Gasteiger partial charge in [-0.15, -0.1) is 11.8 Å². The van der Waals surface area contributed by atoms with Gasteiger partial charge >= 0.3 is 5.69 Å². The minimum absolute atomic E-state index is 0.0221. The number of hydrogen-bond acceptors (Lipinski definition) is 4. The molecule has 4 nitrogen and oxygen atoms in total. The summed E-state index contributed by atoms with van der Waals surface area (Å²) in [6.45, 7) is 8.17. The van der Waals surface area contributed by atoms with Gasteiger partial charge in [-0.3, -0.25) is 4.57 Å². The van der Waals surface area contributed by atoms with Crippen molar-refractivity contribution in [1.29, 1.82) is 0 Å². The predicted molar refractivity (Wildman–Crippen MR) is 106 cm³/mol. The second-order valence-corrected chi connectivity index (χ2v) is 8.68. The Morgan fingerprint density at radius 3 is 2.52 bits per heavy atom. The fraction of sp³-hybridized carbons (Fsp3) is 0.800. The SMILES string of the molecule is CCN(CC)CCn1c2c(c(SC3CCCCC3)nc1=O)CCCC2. The molecule has 0 bridgehead atoms. The number of hydrogen-bond donors (Lipinski definition) is 0. The Morgan fingerprint density at radius 1 is 1.08 bits per heavy atom. The van der Waals surface area contributed by atoms with Gasteiger partial charge in [-0.2, -0.15) is 4.98 Å². The van der Waals surface area contributed by atoms with Gasteiger partial charge in [0.15, 0.2) is 0 Å². The summed E-state index contributed by atoms with van der Waals surface area (Å²) >= 11 is 1.90. The molecule has 25 heavy (non-hydrogen) atoms. The smallest absolute Gasteiger partial charge is 0.302 e. The van der Waals surface area contributed by atoms with Crippen molar-refractivity contribution in [3.8, 4) is 0 Å². The van der Waals surface area contributed by atoms with Crippen LogP contribution < -0.4 is 5.69 Å². The fourth-order valence-electron chi connectivity index (χ4n) is 4.20. The molecule has 1 aromatic rings. The minimum Gasteiger partial charge on any atom is -0.302 e. The predicted octanol–water partition coefficient (Wildman–Crippen LogP) is 3.89. The van der Waals surface area contributed by atoms with Gasteiger partial charge in [0.05, 0.1) is 0 Å². The zero-order chi connectivity index (χ0) is 17.6. The Kier molecular flexibility index (Phi) is 7.00. The first-order valence-corrected chi connectivity index (χ1v) is 11.1. The maximum Gasteiger partial charge on any atom is 0.348 e. The average Bonchev–Trinajstić information content (AvgIpc) is 2.65. The van der Waals surface area contributed by atoms with Crippen LogP contribution in [0.2, 0.25) is 0 Å². The first-order chi connectivity index (χ1) is 12.2. The van der Waals surface area contributed by atoms with Gasteiger partial charge in [0.25, 0.3) is 0 Å². The third-order valence-corrected chi connectivity index (χ3v) is 7.18. The molecule has 0 unspecified atom stereocenters. The first kappa shape index (κ1) is 19.0. The van der Waals surface area contributed by atoms with Crippen molar-refractivity contribution < 1.29 is 0 Å². The number of thioether (sulfide) groups is 1. The normalized spacial score (nSPS) is 18.5. The van der Waals surface area contributed by atoms with E-state index in [1.165, 1.54) is 56.2 Å². The summed E-state index contributed by atoms with van der Waals surface area (Å²) < 4.78 is 1.98. The Morgan fingerprint density at radius 2 is 1.80 bits per heavy atom. The number of aromatic nitrogens is 2. The molecule has 0 aromatic carbocycles. The molecule has 0 saturated heterocycles. The lowest BCUT2D eigenvalue weighted by Crippen LogP contribution is -2.35. The Bertz CT molecular complexity index is 618. The van der Waals surface area contributed by atoms with Crippen molar-refractivity contribution in [3.05, 3.63) is 21.7 Å². The zero-order valence-corrected chi connectivity index (χ0v) is 16.7. The number of likely N-dealkylation sites (N-methyl/N-ethyl adjacent to an activating group) is 1. The molecular formula is C20H33N3OS. The highest BCUT2D eigenvalue weighted by Gasteiger charge is 2.23. The summed E-state index contributed by atoms with van der Waals surface area (Å²) in [4.78, 5) is 19.7. The van der Waals surface area contributed by atoms with Crippen LogP contribution in [0.3, 0.4) is 0 Å². The molecule has 0 spiro atoms. The van der Waals surface area contributed by atoms with E-state index in [0.29, 0.717) is 5.25 Å². The van der Waals surface area contributed by atoms with Gasteiger partial charge in [-0.05, 0) is 51.6 Å². The summed E-state index contributed by atoms with van der Waals surface area (Å²) in [6.07, 6.45) is 11.2. The van der Waals surface area contributed by atoms with E-state index in [4.69, 9.17) is 0 Å². The second kappa shape index (κ2) is 9.22. The van der Waals surface area contributed by atoms with Crippen LogP contribution in [0, 0.1) is 0 Å². The molecule has 1 saturated carbocycles. The molecule has 140 valence electrons. The maximum atomic E-state index is 12.8. The highest BCUT2D eigenvalue weighted by atomic mass is 32.2. The van der Waals surface area contributed by atoms with Crippen LogP contribution in [-0.4, -0.2) is 39.3 Å². The van der Waals surface area contributed by atoms with Crippen molar-refractivity contribution in [2.75, 3.05) is 19.6 Å². The van der Waals surface area contributed by atoms with E-state index in [1.807, 2.05) is 16.3 Å². The van der Waals surface area contributed by atoms with E-state index in [0.717, 1.165) is 44.0 Å². The van der Waals surface area contributed by atoms with Crippen LogP contribution in [0.15, 0.2) is 9.82 Å². The molecule has 1 fully saturated rings. The van der Waals surface area contributed by atoms with Crippen LogP contribution in [0.5, 0.6) is 0 Å². The summed E-state index contributed by atoms with van der Waals surface area (Å²) in [5, 5.41) is 1.73. The standard InChI is InChI=1S/C20H33N3OS/c1-3-22(4-2)14-15-23-18-13-9-8-12-17(18)19(21-20(23)24)25-16-10-6-5-7-11-16/h16H,3-15H2,1-2H3. The average molecular weight is 364 g/mol. The monoisotopic (exact) mass is 363 g/mol. The molecule has 0 radical (unpaired) electrons. The fourth-order valence-corrected chi connectivity index (χ4v) is 5.58. The molecule has 5 heteroatoms. The quantitative estimate of drug-likeness (QED) is 0.689. The molecule has 2 aliphatic rings. The highest BCUT2D eigenvalue weighted by Crippen LogP contribution is 2.36. The van der Waals surface area contributed by atoms with Gasteiger partial charge in [-0.1, -0.05) is 33.1 Å². The first-order valence-electron chi connectivity index (χ1n) is 10.2. The summed E-state index contributed by atoms with van der Waals surface area (Å²) in [5.74, 6) is 0. The zero-order valence-electron chi connectivity index (χ0n) is 15.9. The van der Waals surface area contributed by atoms with Crippen molar-refractivity contribution in [2.24, 2.45) is 0 Å².